The van der Waals surface area contributed by atoms with Crippen LogP contribution in [0.3, 0.4) is 0 Å². The molecular weight excluding hydrogens is 261 g/mol. The second kappa shape index (κ2) is 5.12. The molecule has 0 aliphatic rings. The first-order chi connectivity index (χ1) is 8.18. The minimum atomic E-state index is -0.303. The summed E-state index contributed by atoms with van der Waals surface area (Å²) < 4.78 is 0. The molecule has 0 radical (unpaired) electrons. The van der Waals surface area contributed by atoms with E-state index in [1.165, 1.54) is 24.8 Å². The lowest BCUT2D eigenvalue weighted by atomic mass is 10.2. The predicted molar refractivity (Wildman–Crippen MR) is 66.4 cm³/mol. The van der Waals surface area contributed by atoms with Crippen molar-refractivity contribution >= 4 is 34.8 Å². The van der Waals surface area contributed by atoms with Crippen molar-refractivity contribution in [2.45, 2.75) is 0 Å². The summed E-state index contributed by atoms with van der Waals surface area (Å²) in [6.45, 7) is 0. The van der Waals surface area contributed by atoms with Crippen LogP contribution in [0.4, 0.5) is 5.69 Å². The molecule has 4 nitrogen and oxygen atoms in total. The Kier molecular flexibility index (Phi) is 3.56. The van der Waals surface area contributed by atoms with Crippen molar-refractivity contribution in [1.29, 1.82) is 0 Å². The molecule has 0 saturated carbocycles. The molecule has 2 aromatic rings. The predicted octanol–water partition coefficient (Wildman–Crippen LogP) is 3.04. The summed E-state index contributed by atoms with van der Waals surface area (Å²) in [6, 6.07) is 3.19. The van der Waals surface area contributed by atoms with Crippen LogP contribution in [0.1, 0.15) is 10.4 Å². The van der Waals surface area contributed by atoms with Crippen molar-refractivity contribution in [2.75, 3.05) is 5.32 Å². The van der Waals surface area contributed by atoms with Crippen LogP contribution >= 0.6 is 23.2 Å². The minimum Gasteiger partial charge on any atom is -0.319 e. The fourth-order valence-electron chi connectivity index (χ4n) is 1.22. The first-order valence-corrected chi connectivity index (χ1v) is 5.44. The number of pyridine rings is 2. The molecule has 0 fully saturated rings. The monoisotopic (exact) mass is 267 g/mol. The fraction of sp³-hybridized carbons (Fsp3) is 0. The maximum absolute atomic E-state index is 11.8. The first-order valence-electron chi connectivity index (χ1n) is 4.69. The molecule has 0 bridgehead atoms. The van der Waals surface area contributed by atoms with Crippen LogP contribution in [0, 0.1) is 0 Å². The lowest BCUT2D eigenvalue weighted by Gasteiger charge is -2.08. The normalized spacial score (nSPS) is 10.0. The Morgan fingerprint density at radius 3 is 2.24 bits per heavy atom. The smallest absolute Gasteiger partial charge is 0.255 e. The van der Waals surface area contributed by atoms with E-state index >= 15 is 0 Å². The summed E-state index contributed by atoms with van der Waals surface area (Å²) in [5.41, 5.74) is 0.828. The Morgan fingerprint density at radius 2 is 1.65 bits per heavy atom. The molecule has 0 saturated heterocycles. The molecule has 0 aromatic carbocycles. The van der Waals surface area contributed by atoms with Crippen molar-refractivity contribution in [3.05, 3.63) is 52.5 Å². The maximum Gasteiger partial charge on any atom is 0.255 e. The van der Waals surface area contributed by atoms with Crippen LogP contribution in [-0.2, 0) is 0 Å². The summed E-state index contributed by atoms with van der Waals surface area (Å²) in [7, 11) is 0. The molecule has 0 atom stereocenters. The summed E-state index contributed by atoms with van der Waals surface area (Å²) >= 11 is 11.8. The van der Waals surface area contributed by atoms with Crippen molar-refractivity contribution in [3.8, 4) is 0 Å². The number of halogens is 2. The van der Waals surface area contributed by atoms with E-state index < -0.39 is 0 Å². The lowest BCUT2D eigenvalue weighted by molar-refractivity contribution is 0.102. The fourth-order valence-corrected chi connectivity index (χ4v) is 1.68. The van der Waals surface area contributed by atoms with Crippen LogP contribution in [0.25, 0.3) is 0 Å². The zero-order valence-electron chi connectivity index (χ0n) is 8.52. The maximum atomic E-state index is 11.8. The highest BCUT2D eigenvalue weighted by Crippen LogP contribution is 2.28. The summed E-state index contributed by atoms with van der Waals surface area (Å²) in [5.74, 6) is -0.303. The van der Waals surface area contributed by atoms with Crippen LogP contribution in [-0.4, -0.2) is 15.9 Å². The average Bonchev–Trinajstić information content (AvgIpc) is 2.35. The number of carbonyl (C=O) groups excluding carboxylic acids is 1. The Balaban J connectivity index is 2.25. The van der Waals surface area contributed by atoms with E-state index in [4.69, 9.17) is 23.2 Å². The molecule has 0 spiro atoms. The average molecular weight is 268 g/mol. The van der Waals surface area contributed by atoms with Crippen molar-refractivity contribution < 1.29 is 4.79 Å². The number of nitrogens with zero attached hydrogens (tertiary/aromatic N) is 2. The largest absolute Gasteiger partial charge is 0.319 e. The third-order valence-electron chi connectivity index (χ3n) is 2.03. The van der Waals surface area contributed by atoms with Crippen molar-refractivity contribution in [3.63, 3.8) is 0 Å². The molecule has 2 rings (SSSR count). The quantitative estimate of drug-likeness (QED) is 0.910. The molecule has 2 aromatic heterocycles. The standard InChI is InChI=1S/C11H7Cl2N3O/c12-8-5-15-6-9(13)10(8)16-11(17)7-1-3-14-4-2-7/h1-6H,(H,15,16,17). The van der Waals surface area contributed by atoms with Gasteiger partial charge in [0, 0.05) is 30.4 Å². The number of hydrogen-bond acceptors (Lipinski definition) is 3. The number of amides is 1. The van der Waals surface area contributed by atoms with Gasteiger partial charge in [0.1, 0.15) is 0 Å². The van der Waals surface area contributed by atoms with E-state index in [9.17, 15) is 4.79 Å². The molecule has 0 aliphatic carbocycles. The van der Waals surface area contributed by atoms with Gasteiger partial charge in [0.05, 0.1) is 15.7 Å². The van der Waals surface area contributed by atoms with Crippen molar-refractivity contribution in [1.82, 2.24) is 9.97 Å². The summed E-state index contributed by atoms with van der Waals surface area (Å²) in [6.07, 6.45) is 5.89. The highest BCUT2D eigenvalue weighted by molar-refractivity contribution is 6.39. The van der Waals surface area contributed by atoms with E-state index in [1.54, 1.807) is 12.1 Å². The van der Waals surface area contributed by atoms with Crippen molar-refractivity contribution in [2.24, 2.45) is 0 Å². The number of hydrogen-bond donors (Lipinski definition) is 1. The van der Waals surface area contributed by atoms with Gasteiger partial charge in [-0.05, 0) is 12.1 Å². The van der Waals surface area contributed by atoms with E-state index in [2.05, 4.69) is 15.3 Å². The van der Waals surface area contributed by atoms with E-state index in [0.29, 0.717) is 21.3 Å². The number of nitrogens with one attached hydrogen (secondary N) is 1. The highest BCUT2D eigenvalue weighted by Gasteiger charge is 2.11. The molecule has 86 valence electrons. The van der Waals surface area contributed by atoms with Gasteiger partial charge >= 0.3 is 0 Å². The van der Waals surface area contributed by atoms with E-state index in [0.717, 1.165) is 0 Å². The highest BCUT2D eigenvalue weighted by atomic mass is 35.5. The molecule has 0 unspecified atom stereocenters. The number of aromatic nitrogens is 2. The number of rotatable bonds is 2. The van der Waals surface area contributed by atoms with Gasteiger partial charge in [-0.25, -0.2) is 0 Å². The zero-order chi connectivity index (χ0) is 12.3. The number of anilines is 1. The second-order valence-electron chi connectivity index (χ2n) is 3.17. The molecule has 0 aliphatic heterocycles. The van der Waals surface area contributed by atoms with Crippen LogP contribution in [0.15, 0.2) is 36.9 Å². The zero-order valence-corrected chi connectivity index (χ0v) is 10.0. The first kappa shape index (κ1) is 11.8. The van der Waals surface area contributed by atoms with Crippen LogP contribution in [0.5, 0.6) is 0 Å². The van der Waals surface area contributed by atoms with Crippen LogP contribution < -0.4 is 5.32 Å². The third-order valence-corrected chi connectivity index (χ3v) is 2.61. The Hall–Kier alpha value is -1.65. The Labute approximate surface area is 108 Å². The molecule has 2 heterocycles. The molecule has 1 amide bonds. The van der Waals surface area contributed by atoms with Gasteiger partial charge < -0.3 is 5.32 Å². The molecular formula is C11H7Cl2N3O. The van der Waals surface area contributed by atoms with Gasteiger partial charge in [-0.3, -0.25) is 14.8 Å². The van der Waals surface area contributed by atoms with E-state index in [1.807, 2.05) is 0 Å². The Morgan fingerprint density at radius 1 is 1.06 bits per heavy atom. The van der Waals surface area contributed by atoms with E-state index in [-0.39, 0.29) is 5.91 Å². The van der Waals surface area contributed by atoms with Gasteiger partial charge in [0.2, 0.25) is 0 Å². The summed E-state index contributed by atoms with van der Waals surface area (Å²) in [5, 5.41) is 3.21. The Bertz CT molecular complexity index is 525. The SMILES string of the molecule is O=C(Nc1c(Cl)cncc1Cl)c1ccncc1. The third kappa shape index (κ3) is 2.72. The second-order valence-corrected chi connectivity index (χ2v) is 3.98. The number of carbonyl (C=O) groups is 1. The summed E-state index contributed by atoms with van der Waals surface area (Å²) in [4.78, 5) is 19.5. The molecule has 6 heteroatoms. The van der Waals surface area contributed by atoms with Gasteiger partial charge in [-0.1, -0.05) is 23.2 Å². The van der Waals surface area contributed by atoms with Gasteiger partial charge in [-0.15, -0.1) is 0 Å². The minimum absolute atomic E-state index is 0.292. The lowest BCUT2D eigenvalue weighted by Crippen LogP contribution is -2.12. The van der Waals surface area contributed by atoms with Crippen LogP contribution in [0.2, 0.25) is 10.0 Å². The topological polar surface area (TPSA) is 54.9 Å². The van der Waals surface area contributed by atoms with Gasteiger partial charge in [0.25, 0.3) is 5.91 Å². The van der Waals surface area contributed by atoms with Gasteiger partial charge in [0.15, 0.2) is 0 Å². The molecule has 1 N–H and O–H groups in total. The van der Waals surface area contributed by atoms with Gasteiger partial charge in [-0.2, -0.15) is 0 Å². The molecule has 17 heavy (non-hydrogen) atoms.